The minimum Gasteiger partial charge on any atom is -0.400 e. The van der Waals surface area contributed by atoms with E-state index < -0.39 is 0 Å². The fourth-order valence-electron chi connectivity index (χ4n) is 1.22. The maximum absolute atomic E-state index is 7.00. The Kier molecular flexibility index (Phi) is 6.44. The Hall–Kier alpha value is 0.440. The third kappa shape index (κ3) is 4.29. The number of alkyl halides is 1. The first kappa shape index (κ1) is 10.4. The van der Waals surface area contributed by atoms with E-state index in [0.29, 0.717) is 0 Å². The second-order valence-electron chi connectivity index (χ2n) is 2.86. The van der Waals surface area contributed by atoms with E-state index >= 15 is 0 Å². The van der Waals surface area contributed by atoms with Gasteiger partial charge in [-0.05, 0) is 31.6 Å². The minimum atomic E-state index is 0.832. The molecule has 1 N–H and O–H groups in total. The van der Waals surface area contributed by atoms with Crippen LogP contribution in [0.15, 0.2) is 0 Å². The Labute approximate surface area is 72.0 Å². The highest BCUT2D eigenvalue weighted by atomic mass is 79.9. The van der Waals surface area contributed by atoms with Gasteiger partial charge in [-0.2, -0.15) is 0 Å². The van der Waals surface area contributed by atoms with Crippen LogP contribution in [0, 0.1) is 5.92 Å². The lowest BCUT2D eigenvalue weighted by Crippen LogP contribution is -2.10. The van der Waals surface area contributed by atoms with Gasteiger partial charge in [0.2, 0.25) is 0 Å². The molecule has 2 heteroatoms. The van der Waals surface area contributed by atoms with Crippen LogP contribution in [0.2, 0.25) is 0 Å². The fourth-order valence-corrected chi connectivity index (χ4v) is 1.75. The topological polar surface area (TPSA) is 20.2 Å². The van der Waals surface area contributed by atoms with E-state index in [4.69, 9.17) is 5.11 Å². The molecule has 0 aromatic rings. The fraction of sp³-hybridized carbons (Fsp3) is 1.00. The van der Waals surface area contributed by atoms with Crippen LogP contribution in [-0.2, 0) is 0 Å². The molecule has 0 unspecified atom stereocenters. The van der Waals surface area contributed by atoms with Crippen LogP contribution < -0.4 is 0 Å². The number of aliphatic hydroxyl groups is 1. The molecule has 1 aliphatic rings. The van der Waals surface area contributed by atoms with Crippen molar-refractivity contribution in [1.29, 1.82) is 0 Å². The highest BCUT2D eigenvalue weighted by Gasteiger charge is 2.14. The standard InChI is InChI=1S/C7H13Br.CH4O/c1-6-2-4-7(8)5-3-6;1-2/h6-7H,2-5H2,1H3;2H,1H3. The van der Waals surface area contributed by atoms with Gasteiger partial charge in [-0.3, -0.25) is 0 Å². The molecule has 0 radical (unpaired) electrons. The van der Waals surface area contributed by atoms with Gasteiger partial charge in [-0.25, -0.2) is 0 Å². The number of aliphatic hydroxyl groups excluding tert-OH is 1. The lowest BCUT2D eigenvalue weighted by atomic mass is 9.91. The summed E-state index contributed by atoms with van der Waals surface area (Å²) in [5, 5.41) is 7.00. The molecule has 0 aliphatic heterocycles. The number of hydrogen-bond donors (Lipinski definition) is 1. The molecule has 1 aliphatic carbocycles. The Morgan fingerprint density at radius 3 is 1.80 bits per heavy atom. The lowest BCUT2D eigenvalue weighted by molar-refractivity contribution is 0.396. The van der Waals surface area contributed by atoms with E-state index in [0.717, 1.165) is 17.9 Å². The Bertz CT molecular complexity index is 57.7. The Balaban J connectivity index is 0.000000371. The monoisotopic (exact) mass is 208 g/mol. The summed E-state index contributed by atoms with van der Waals surface area (Å²) in [6.45, 7) is 2.35. The van der Waals surface area contributed by atoms with Crippen molar-refractivity contribution < 1.29 is 5.11 Å². The second kappa shape index (κ2) is 6.17. The molecule has 1 rings (SSSR count). The van der Waals surface area contributed by atoms with E-state index in [-0.39, 0.29) is 0 Å². The quantitative estimate of drug-likeness (QED) is 0.608. The summed E-state index contributed by atoms with van der Waals surface area (Å²) >= 11 is 3.62. The van der Waals surface area contributed by atoms with E-state index in [1.807, 2.05) is 0 Å². The van der Waals surface area contributed by atoms with Crippen molar-refractivity contribution in [1.82, 2.24) is 0 Å². The molecule has 1 nitrogen and oxygen atoms in total. The van der Waals surface area contributed by atoms with Crippen molar-refractivity contribution >= 4 is 15.9 Å². The van der Waals surface area contributed by atoms with Gasteiger partial charge in [0.25, 0.3) is 0 Å². The molecule has 1 fully saturated rings. The first-order valence-corrected chi connectivity index (χ1v) is 4.79. The van der Waals surface area contributed by atoms with Crippen molar-refractivity contribution in [2.24, 2.45) is 5.92 Å². The molecule has 0 heterocycles. The van der Waals surface area contributed by atoms with Crippen molar-refractivity contribution in [2.75, 3.05) is 7.11 Å². The van der Waals surface area contributed by atoms with Gasteiger partial charge in [-0.15, -0.1) is 0 Å². The second-order valence-corrected chi connectivity index (χ2v) is 4.15. The summed E-state index contributed by atoms with van der Waals surface area (Å²) in [6.07, 6.45) is 5.63. The SMILES string of the molecule is CC1CCC(Br)CC1.CO. The smallest absolute Gasteiger partial charge is 0.0319 e. The van der Waals surface area contributed by atoms with Crippen LogP contribution in [0.4, 0.5) is 0 Å². The average molecular weight is 209 g/mol. The molecule has 10 heavy (non-hydrogen) atoms. The van der Waals surface area contributed by atoms with Gasteiger partial charge in [0.1, 0.15) is 0 Å². The van der Waals surface area contributed by atoms with Crippen molar-refractivity contribution in [3.8, 4) is 0 Å². The maximum atomic E-state index is 7.00. The van der Waals surface area contributed by atoms with Crippen molar-refractivity contribution in [3.63, 3.8) is 0 Å². The Morgan fingerprint density at radius 1 is 1.10 bits per heavy atom. The van der Waals surface area contributed by atoms with Crippen molar-refractivity contribution in [3.05, 3.63) is 0 Å². The van der Waals surface area contributed by atoms with Gasteiger partial charge in [-0.1, -0.05) is 22.9 Å². The van der Waals surface area contributed by atoms with Crippen LogP contribution in [0.1, 0.15) is 32.6 Å². The molecule has 0 bridgehead atoms. The number of hydrogen-bond acceptors (Lipinski definition) is 1. The summed E-state index contributed by atoms with van der Waals surface area (Å²) < 4.78 is 0. The summed E-state index contributed by atoms with van der Waals surface area (Å²) in [5.74, 6) is 0.990. The number of rotatable bonds is 0. The lowest BCUT2D eigenvalue weighted by Gasteiger charge is -2.21. The summed E-state index contributed by atoms with van der Waals surface area (Å²) in [5.41, 5.74) is 0. The predicted molar refractivity (Wildman–Crippen MR) is 48.5 cm³/mol. The summed E-state index contributed by atoms with van der Waals surface area (Å²) in [4.78, 5) is 0.832. The normalized spacial score (nSPS) is 32.4. The van der Waals surface area contributed by atoms with Gasteiger partial charge in [0, 0.05) is 11.9 Å². The third-order valence-electron chi connectivity index (χ3n) is 1.95. The summed E-state index contributed by atoms with van der Waals surface area (Å²) in [6, 6.07) is 0. The molecule has 0 aromatic heterocycles. The largest absolute Gasteiger partial charge is 0.400 e. The zero-order valence-corrected chi connectivity index (χ0v) is 8.39. The number of halogens is 1. The molecule has 0 atom stereocenters. The first-order chi connectivity index (χ1) is 4.79. The molecule has 0 amide bonds. The van der Waals surface area contributed by atoms with Crippen LogP contribution in [0.25, 0.3) is 0 Å². The molecular formula is C8H17BrO. The summed E-state index contributed by atoms with van der Waals surface area (Å²) in [7, 11) is 1.00. The van der Waals surface area contributed by atoms with Gasteiger partial charge in [0.15, 0.2) is 0 Å². The van der Waals surface area contributed by atoms with Crippen LogP contribution in [0.3, 0.4) is 0 Å². The highest BCUT2D eigenvalue weighted by molar-refractivity contribution is 9.09. The van der Waals surface area contributed by atoms with Crippen molar-refractivity contribution in [2.45, 2.75) is 37.4 Å². The predicted octanol–water partition coefficient (Wildman–Crippen LogP) is 2.57. The van der Waals surface area contributed by atoms with E-state index in [1.54, 1.807) is 0 Å². The van der Waals surface area contributed by atoms with Crippen LogP contribution >= 0.6 is 15.9 Å². The molecular weight excluding hydrogens is 192 g/mol. The maximum Gasteiger partial charge on any atom is 0.0319 e. The molecule has 1 saturated carbocycles. The van der Waals surface area contributed by atoms with Gasteiger partial charge in [0.05, 0.1) is 0 Å². The zero-order valence-electron chi connectivity index (χ0n) is 6.81. The average Bonchev–Trinajstić information content (AvgIpc) is 2.00. The molecule has 0 spiro atoms. The molecule has 0 aromatic carbocycles. The molecule has 0 saturated heterocycles. The first-order valence-electron chi connectivity index (χ1n) is 3.88. The zero-order chi connectivity index (χ0) is 7.98. The molecule has 62 valence electrons. The van der Waals surface area contributed by atoms with E-state index in [1.165, 1.54) is 25.7 Å². The van der Waals surface area contributed by atoms with E-state index in [2.05, 4.69) is 22.9 Å². The highest BCUT2D eigenvalue weighted by Crippen LogP contribution is 2.27. The van der Waals surface area contributed by atoms with Gasteiger partial charge < -0.3 is 5.11 Å². The minimum absolute atomic E-state index is 0.832. The van der Waals surface area contributed by atoms with Crippen LogP contribution in [0.5, 0.6) is 0 Å². The van der Waals surface area contributed by atoms with E-state index in [9.17, 15) is 0 Å². The van der Waals surface area contributed by atoms with Gasteiger partial charge >= 0.3 is 0 Å². The Morgan fingerprint density at radius 2 is 1.50 bits per heavy atom. The third-order valence-corrected chi connectivity index (χ3v) is 2.86. The van der Waals surface area contributed by atoms with Crippen LogP contribution in [-0.4, -0.2) is 17.0 Å².